The fourth-order valence-electron chi connectivity index (χ4n) is 1.76. The van der Waals surface area contributed by atoms with Crippen LogP contribution in [0.1, 0.15) is 26.3 Å². The monoisotopic (exact) mass is 271 g/mol. The summed E-state index contributed by atoms with van der Waals surface area (Å²) in [7, 11) is 0. The van der Waals surface area contributed by atoms with Gasteiger partial charge >= 0.3 is 5.97 Å². The van der Waals surface area contributed by atoms with Crippen LogP contribution in [0.2, 0.25) is 0 Å². The van der Waals surface area contributed by atoms with Gasteiger partial charge in [-0.25, -0.2) is 4.79 Å². The predicted octanol–water partition coefficient (Wildman–Crippen LogP) is 2.65. The number of carbonyl (C=O) groups is 2. The minimum absolute atomic E-state index is 0.0799. The molecular weight excluding hydrogens is 258 g/mol. The molecule has 0 aliphatic heterocycles. The quantitative estimate of drug-likeness (QED) is 0.801. The standard InChI is InChI=1S/C15H13NO4/c1-9-5-6-13(17)12(7-9)14(18)16-11-4-2-3-10(8-11)15(19)20/h2-8,17H,1H3,(H,16,18)(H,19,20). The van der Waals surface area contributed by atoms with E-state index in [0.717, 1.165) is 5.56 Å². The summed E-state index contributed by atoms with van der Waals surface area (Å²) in [4.78, 5) is 22.9. The van der Waals surface area contributed by atoms with E-state index in [4.69, 9.17) is 5.11 Å². The predicted molar refractivity (Wildman–Crippen MR) is 74.2 cm³/mol. The summed E-state index contributed by atoms with van der Waals surface area (Å²) in [5, 5.41) is 21.1. The Balaban J connectivity index is 2.25. The molecule has 0 aliphatic carbocycles. The lowest BCUT2D eigenvalue weighted by molar-refractivity contribution is 0.0696. The van der Waals surface area contributed by atoms with Crippen LogP contribution in [-0.2, 0) is 0 Å². The smallest absolute Gasteiger partial charge is 0.335 e. The SMILES string of the molecule is Cc1ccc(O)c(C(=O)Nc2cccc(C(=O)O)c2)c1. The molecule has 5 nitrogen and oxygen atoms in total. The first-order valence-corrected chi connectivity index (χ1v) is 5.91. The molecule has 0 atom stereocenters. The van der Waals surface area contributed by atoms with E-state index >= 15 is 0 Å². The Morgan fingerprint density at radius 1 is 1.10 bits per heavy atom. The Morgan fingerprint density at radius 2 is 1.85 bits per heavy atom. The third kappa shape index (κ3) is 2.95. The summed E-state index contributed by atoms with van der Waals surface area (Å²) in [5.41, 5.74) is 1.42. The van der Waals surface area contributed by atoms with Gasteiger partial charge in [-0.3, -0.25) is 4.79 Å². The highest BCUT2D eigenvalue weighted by molar-refractivity contribution is 6.06. The van der Waals surface area contributed by atoms with Gasteiger partial charge in [0.15, 0.2) is 0 Å². The molecule has 1 amide bonds. The number of anilines is 1. The van der Waals surface area contributed by atoms with Gasteiger partial charge in [0.2, 0.25) is 0 Å². The van der Waals surface area contributed by atoms with Gasteiger partial charge in [-0.1, -0.05) is 17.7 Å². The average molecular weight is 271 g/mol. The van der Waals surface area contributed by atoms with Crippen LogP contribution in [0, 0.1) is 6.92 Å². The van der Waals surface area contributed by atoms with Crippen molar-refractivity contribution in [3.63, 3.8) is 0 Å². The number of carboxylic acids is 1. The van der Waals surface area contributed by atoms with Crippen molar-refractivity contribution in [2.45, 2.75) is 6.92 Å². The molecule has 0 aromatic heterocycles. The number of nitrogens with one attached hydrogen (secondary N) is 1. The van der Waals surface area contributed by atoms with Gasteiger partial charge in [0.05, 0.1) is 11.1 Å². The molecule has 0 aliphatic rings. The van der Waals surface area contributed by atoms with Crippen molar-refractivity contribution in [3.8, 4) is 5.75 Å². The largest absolute Gasteiger partial charge is 0.507 e. The van der Waals surface area contributed by atoms with Crippen molar-refractivity contribution in [3.05, 3.63) is 59.2 Å². The average Bonchev–Trinajstić information content (AvgIpc) is 2.41. The summed E-state index contributed by atoms with van der Waals surface area (Å²) in [6, 6.07) is 10.6. The van der Waals surface area contributed by atoms with Crippen molar-refractivity contribution in [1.82, 2.24) is 0 Å². The topological polar surface area (TPSA) is 86.6 Å². The molecular formula is C15H13NO4. The number of amides is 1. The molecule has 2 aromatic rings. The fraction of sp³-hybridized carbons (Fsp3) is 0.0667. The number of phenols is 1. The maximum atomic E-state index is 12.0. The van der Waals surface area contributed by atoms with Gasteiger partial charge in [0.1, 0.15) is 5.75 Å². The Bertz CT molecular complexity index is 679. The lowest BCUT2D eigenvalue weighted by atomic mass is 10.1. The molecule has 2 aromatic carbocycles. The van der Waals surface area contributed by atoms with Crippen molar-refractivity contribution >= 4 is 17.6 Å². The molecule has 102 valence electrons. The molecule has 0 fully saturated rings. The highest BCUT2D eigenvalue weighted by atomic mass is 16.4. The highest BCUT2D eigenvalue weighted by Gasteiger charge is 2.12. The van der Waals surface area contributed by atoms with Crippen LogP contribution < -0.4 is 5.32 Å². The minimum atomic E-state index is -1.07. The third-order valence-electron chi connectivity index (χ3n) is 2.76. The van der Waals surface area contributed by atoms with E-state index in [1.807, 2.05) is 0 Å². The van der Waals surface area contributed by atoms with Gasteiger partial charge in [0.25, 0.3) is 5.91 Å². The number of phenolic OH excluding ortho intramolecular Hbond substituents is 1. The van der Waals surface area contributed by atoms with Gasteiger partial charge in [0, 0.05) is 5.69 Å². The summed E-state index contributed by atoms with van der Waals surface area (Å²) in [6.07, 6.45) is 0. The number of aromatic carboxylic acids is 1. The van der Waals surface area contributed by atoms with Crippen molar-refractivity contribution < 1.29 is 19.8 Å². The van der Waals surface area contributed by atoms with Crippen molar-refractivity contribution in [2.75, 3.05) is 5.32 Å². The van der Waals surface area contributed by atoms with Crippen LogP contribution in [0.4, 0.5) is 5.69 Å². The number of rotatable bonds is 3. The Kier molecular flexibility index (Phi) is 3.70. The summed E-state index contributed by atoms with van der Waals surface area (Å²) in [6.45, 7) is 1.81. The number of carbonyl (C=O) groups excluding carboxylic acids is 1. The molecule has 20 heavy (non-hydrogen) atoms. The van der Waals surface area contributed by atoms with Gasteiger partial charge in [-0.15, -0.1) is 0 Å². The molecule has 0 bridgehead atoms. The Labute approximate surface area is 115 Å². The van der Waals surface area contributed by atoms with E-state index in [2.05, 4.69) is 5.32 Å². The molecule has 0 heterocycles. The van der Waals surface area contributed by atoms with E-state index in [-0.39, 0.29) is 16.9 Å². The first-order valence-electron chi connectivity index (χ1n) is 5.91. The summed E-state index contributed by atoms with van der Waals surface area (Å²) in [5.74, 6) is -1.68. The number of hydrogen-bond donors (Lipinski definition) is 3. The fourth-order valence-corrected chi connectivity index (χ4v) is 1.76. The zero-order chi connectivity index (χ0) is 14.7. The van der Waals surface area contributed by atoms with Crippen LogP contribution >= 0.6 is 0 Å². The van der Waals surface area contributed by atoms with Gasteiger partial charge < -0.3 is 15.5 Å². The molecule has 0 saturated heterocycles. The van der Waals surface area contributed by atoms with E-state index in [1.165, 1.54) is 24.3 Å². The zero-order valence-corrected chi connectivity index (χ0v) is 10.8. The minimum Gasteiger partial charge on any atom is -0.507 e. The van der Waals surface area contributed by atoms with Crippen LogP contribution in [0.3, 0.4) is 0 Å². The second kappa shape index (κ2) is 5.44. The molecule has 5 heteroatoms. The van der Waals surface area contributed by atoms with Crippen molar-refractivity contribution in [1.29, 1.82) is 0 Å². The highest BCUT2D eigenvalue weighted by Crippen LogP contribution is 2.20. The number of benzene rings is 2. The normalized spacial score (nSPS) is 10.1. The second-order valence-corrected chi connectivity index (χ2v) is 4.36. The number of aryl methyl sites for hydroxylation is 1. The Morgan fingerprint density at radius 3 is 2.55 bits per heavy atom. The molecule has 0 radical (unpaired) electrons. The third-order valence-corrected chi connectivity index (χ3v) is 2.76. The van der Waals surface area contributed by atoms with Gasteiger partial charge in [-0.05, 0) is 37.3 Å². The van der Waals surface area contributed by atoms with Crippen LogP contribution in [0.5, 0.6) is 5.75 Å². The van der Waals surface area contributed by atoms with Crippen LogP contribution in [0.15, 0.2) is 42.5 Å². The molecule has 0 spiro atoms. The first kappa shape index (κ1) is 13.6. The number of hydrogen-bond acceptors (Lipinski definition) is 3. The first-order chi connectivity index (χ1) is 9.47. The molecule has 0 unspecified atom stereocenters. The molecule has 0 saturated carbocycles. The van der Waals surface area contributed by atoms with Gasteiger partial charge in [-0.2, -0.15) is 0 Å². The molecule has 2 rings (SSSR count). The van der Waals surface area contributed by atoms with E-state index in [0.29, 0.717) is 5.69 Å². The van der Waals surface area contributed by atoms with Crippen molar-refractivity contribution in [2.24, 2.45) is 0 Å². The lowest BCUT2D eigenvalue weighted by Gasteiger charge is -2.08. The number of aromatic hydroxyl groups is 1. The van der Waals surface area contributed by atoms with E-state index in [1.54, 1.807) is 25.1 Å². The van der Waals surface area contributed by atoms with Crippen LogP contribution in [0.25, 0.3) is 0 Å². The number of carboxylic acid groups (broad SMARTS) is 1. The maximum Gasteiger partial charge on any atom is 0.335 e. The summed E-state index contributed by atoms with van der Waals surface area (Å²) >= 11 is 0. The molecule has 3 N–H and O–H groups in total. The second-order valence-electron chi connectivity index (χ2n) is 4.36. The maximum absolute atomic E-state index is 12.0. The Hall–Kier alpha value is -2.82. The van der Waals surface area contributed by atoms with E-state index < -0.39 is 11.9 Å². The lowest BCUT2D eigenvalue weighted by Crippen LogP contribution is -2.12. The van der Waals surface area contributed by atoms with E-state index in [9.17, 15) is 14.7 Å². The summed E-state index contributed by atoms with van der Waals surface area (Å²) < 4.78 is 0. The van der Waals surface area contributed by atoms with Crippen LogP contribution in [-0.4, -0.2) is 22.1 Å². The zero-order valence-electron chi connectivity index (χ0n) is 10.8.